The van der Waals surface area contributed by atoms with Crippen molar-refractivity contribution in [2.75, 3.05) is 13.2 Å². The SMILES string of the molecule is O=C(NCC=Cc1ccc(C(=O)C2CC2)cc1)OCC1c2ccccc2-c2ccccc21. The molecule has 5 rings (SSSR count). The molecule has 3 aromatic carbocycles. The predicted octanol–water partition coefficient (Wildman–Crippen LogP) is 5.83. The van der Waals surface area contributed by atoms with Crippen LogP contribution in [0.25, 0.3) is 17.2 Å². The van der Waals surface area contributed by atoms with Crippen LogP contribution in [0, 0.1) is 5.92 Å². The van der Waals surface area contributed by atoms with E-state index in [4.69, 9.17) is 4.74 Å². The molecular weight excluding hydrogens is 398 g/mol. The lowest BCUT2D eigenvalue weighted by molar-refractivity contribution is 0.0967. The van der Waals surface area contributed by atoms with E-state index in [0.29, 0.717) is 13.2 Å². The summed E-state index contributed by atoms with van der Waals surface area (Å²) >= 11 is 0. The summed E-state index contributed by atoms with van der Waals surface area (Å²) < 4.78 is 5.54. The number of benzene rings is 3. The van der Waals surface area contributed by atoms with E-state index in [9.17, 15) is 9.59 Å². The molecule has 2 aliphatic carbocycles. The van der Waals surface area contributed by atoms with Gasteiger partial charge in [0.1, 0.15) is 6.61 Å². The molecule has 1 amide bonds. The zero-order valence-corrected chi connectivity index (χ0v) is 17.8. The molecule has 0 unspecified atom stereocenters. The summed E-state index contributed by atoms with van der Waals surface area (Å²) in [6, 6.07) is 24.2. The number of alkyl carbamates (subject to hydrolysis) is 1. The van der Waals surface area contributed by atoms with Gasteiger partial charge in [0, 0.05) is 23.9 Å². The van der Waals surface area contributed by atoms with Crippen LogP contribution in [-0.4, -0.2) is 25.0 Å². The summed E-state index contributed by atoms with van der Waals surface area (Å²) in [7, 11) is 0. The summed E-state index contributed by atoms with van der Waals surface area (Å²) in [5.41, 5.74) is 6.60. The van der Waals surface area contributed by atoms with Crippen LogP contribution in [-0.2, 0) is 4.74 Å². The summed E-state index contributed by atoms with van der Waals surface area (Å²) in [5, 5.41) is 2.78. The second kappa shape index (κ2) is 8.83. The van der Waals surface area contributed by atoms with Gasteiger partial charge in [0.2, 0.25) is 0 Å². The minimum absolute atomic E-state index is 0.0561. The first-order chi connectivity index (χ1) is 15.7. The van der Waals surface area contributed by atoms with Crippen LogP contribution in [0.5, 0.6) is 0 Å². The van der Waals surface area contributed by atoms with Crippen LogP contribution in [0.15, 0.2) is 78.9 Å². The fraction of sp³-hybridized carbons (Fsp3) is 0.214. The van der Waals surface area contributed by atoms with Crippen molar-refractivity contribution in [1.29, 1.82) is 0 Å². The molecule has 1 saturated carbocycles. The van der Waals surface area contributed by atoms with Gasteiger partial charge >= 0.3 is 6.09 Å². The lowest BCUT2D eigenvalue weighted by Crippen LogP contribution is -2.26. The topological polar surface area (TPSA) is 55.4 Å². The minimum atomic E-state index is -0.429. The van der Waals surface area contributed by atoms with Crippen molar-refractivity contribution in [3.8, 4) is 11.1 Å². The number of Topliss-reactive ketones (excluding diaryl/α,β-unsaturated/α-hetero) is 1. The lowest BCUT2D eigenvalue weighted by Gasteiger charge is -2.14. The van der Waals surface area contributed by atoms with Gasteiger partial charge in [0.15, 0.2) is 5.78 Å². The zero-order valence-electron chi connectivity index (χ0n) is 17.8. The average molecular weight is 424 g/mol. The maximum atomic E-state index is 12.2. The summed E-state index contributed by atoms with van der Waals surface area (Å²) in [6.45, 7) is 0.680. The van der Waals surface area contributed by atoms with Gasteiger partial charge in [-0.15, -0.1) is 0 Å². The Bertz CT molecular complexity index is 1130. The quantitative estimate of drug-likeness (QED) is 0.486. The van der Waals surface area contributed by atoms with E-state index in [2.05, 4.69) is 29.6 Å². The van der Waals surface area contributed by atoms with Crippen molar-refractivity contribution in [2.24, 2.45) is 5.92 Å². The molecule has 1 fully saturated rings. The number of rotatable bonds is 7. The van der Waals surface area contributed by atoms with E-state index in [-0.39, 0.29) is 17.6 Å². The predicted molar refractivity (Wildman–Crippen MR) is 126 cm³/mol. The van der Waals surface area contributed by atoms with Gasteiger partial charge < -0.3 is 10.1 Å². The molecule has 32 heavy (non-hydrogen) atoms. The molecule has 0 bridgehead atoms. The fourth-order valence-corrected chi connectivity index (χ4v) is 4.33. The molecule has 0 spiro atoms. The van der Waals surface area contributed by atoms with Crippen LogP contribution in [0.2, 0.25) is 0 Å². The first-order valence-corrected chi connectivity index (χ1v) is 11.1. The molecule has 0 atom stereocenters. The minimum Gasteiger partial charge on any atom is -0.449 e. The number of amides is 1. The van der Waals surface area contributed by atoms with Gasteiger partial charge in [0.25, 0.3) is 0 Å². The maximum absolute atomic E-state index is 12.2. The first kappa shape index (κ1) is 20.3. The molecule has 0 heterocycles. The second-order valence-electron chi connectivity index (χ2n) is 8.37. The van der Waals surface area contributed by atoms with Crippen molar-refractivity contribution < 1.29 is 14.3 Å². The Morgan fingerprint density at radius 1 is 0.875 bits per heavy atom. The molecular formula is C28H25NO3. The molecule has 0 aliphatic heterocycles. The van der Waals surface area contributed by atoms with Gasteiger partial charge in [-0.25, -0.2) is 4.79 Å². The van der Waals surface area contributed by atoms with E-state index >= 15 is 0 Å². The monoisotopic (exact) mass is 423 g/mol. The normalized spacial score (nSPS) is 14.8. The molecule has 0 radical (unpaired) electrons. The number of fused-ring (bicyclic) bond motifs is 3. The third-order valence-corrected chi connectivity index (χ3v) is 6.16. The Morgan fingerprint density at radius 3 is 2.12 bits per heavy atom. The van der Waals surface area contributed by atoms with Gasteiger partial charge in [-0.05, 0) is 40.7 Å². The number of carbonyl (C=O) groups is 2. The smallest absolute Gasteiger partial charge is 0.407 e. The number of ether oxygens (including phenoxy) is 1. The average Bonchev–Trinajstić information content (AvgIpc) is 3.63. The van der Waals surface area contributed by atoms with Crippen LogP contribution >= 0.6 is 0 Å². The van der Waals surface area contributed by atoms with Crippen molar-refractivity contribution in [1.82, 2.24) is 5.32 Å². The van der Waals surface area contributed by atoms with Gasteiger partial charge in [0.05, 0.1) is 0 Å². The third kappa shape index (κ3) is 4.22. The largest absolute Gasteiger partial charge is 0.449 e. The number of ketones is 1. The second-order valence-corrected chi connectivity index (χ2v) is 8.37. The molecule has 3 aromatic rings. The molecule has 1 N–H and O–H groups in total. The summed E-state index contributed by atoms with van der Waals surface area (Å²) in [4.78, 5) is 24.3. The highest BCUT2D eigenvalue weighted by atomic mass is 16.5. The zero-order chi connectivity index (χ0) is 21.9. The Labute approximate surface area is 187 Å². The number of hydrogen-bond donors (Lipinski definition) is 1. The van der Waals surface area contributed by atoms with Crippen molar-refractivity contribution in [3.63, 3.8) is 0 Å². The Kier molecular flexibility index (Phi) is 5.59. The van der Waals surface area contributed by atoms with Crippen LogP contribution in [0.1, 0.15) is 45.8 Å². The highest BCUT2D eigenvalue weighted by Crippen LogP contribution is 2.44. The molecule has 4 heteroatoms. The standard InChI is InChI=1S/C28H25NO3/c30-27(21-15-16-21)20-13-11-19(12-14-20)6-5-17-29-28(31)32-18-26-24-9-3-1-7-22(24)23-8-2-4-10-25(23)26/h1-14,21,26H,15-18H2,(H,29,31). The highest BCUT2D eigenvalue weighted by Gasteiger charge is 2.30. The Hall–Kier alpha value is -3.66. The fourth-order valence-electron chi connectivity index (χ4n) is 4.33. The van der Waals surface area contributed by atoms with Crippen molar-refractivity contribution in [2.45, 2.75) is 18.8 Å². The van der Waals surface area contributed by atoms with E-state index in [1.54, 1.807) is 0 Å². The highest BCUT2D eigenvalue weighted by molar-refractivity contribution is 5.99. The molecule has 2 aliphatic rings. The van der Waals surface area contributed by atoms with E-state index in [1.165, 1.54) is 22.3 Å². The molecule has 0 saturated heterocycles. The van der Waals surface area contributed by atoms with Gasteiger partial charge in [-0.3, -0.25) is 4.79 Å². The van der Waals surface area contributed by atoms with E-state index in [0.717, 1.165) is 24.0 Å². The maximum Gasteiger partial charge on any atom is 0.407 e. The van der Waals surface area contributed by atoms with E-state index < -0.39 is 6.09 Å². The molecule has 4 nitrogen and oxygen atoms in total. The summed E-state index contributed by atoms with van der Waals surface area (Å²) in [6.07, 6.45) is 5.40. The molecule has 160 valence electrons. The first-order valence-electron chi connectivity index (χ1n) is 11.1. The Balaban J connectivity index is 1.12. The third-order valence-electron chi connectivity index (χ3n) is 6.16. The number of nitrogens with one attached hydrogen (secondary N) is 1. The van der Waals surface area contributed by atoms with E-state index in [1.807, 2.05) is 60.7 Å². The summed E-state index contributed by atoms with van der Waals surface area (Å²) in [5.74, 6) is 0.538. The van der Waals surface area contributed by atoms with Crippen LogP contribution < -0.4 is 5.32 Å². The van der Waals surface area contributed by atoms with Crippen molar-refractivity contribution >= 4 is 18.0 Å². The van der Waals surface area contributed by atoms with Crippen LogP contribution in [0.4, 0.5) is 4.79 Å². The molecule has 0 aromatic heterocycles. The lowest BCUT2D eigenvalue weighted by atomic mass is 9.98. The number of hydrogen-bond acceptors (Lipinski definition) is 3. The van der Waals surface area contributed by atoms with Crippen molar-refractivity contribution in [3.05, 3.63) is 101 Å². The van der Waals surface area contributed by atoms with Crippen LogP contribution in [0.3, 0.4) is 0 Å². The Morgan fingerprint density at radius 2 is 1.50 bits per heavy atom. The van der Waals surface area contributed by atoms with Gasteiger partial charge in [-0.2, -0.15) is 0 Å². The van der Waals surface area contributed by atoms with Gasteiger partial charge in [-0.1, -0.05) is 84.9 Å². The number of carbonyl (C=O) groups excluding carboxylic acids is 2.